The first-order chi connectivity index (χ1) is 18.4. The molecule has 0 N–H and O–H groups in total. The molecule has 0 saturated carbocycles. The summed E-state index contributed by atoms with van der Waals surface area (Å²) in [5.41, 5.74) is 3.93. The van der Waals surface area contributed by atoms with E-state index in [0.717, 1.165) is 22.1 Å². The van der Waals surface area contributed by atoms with Crippen LogP contribution in [0.1, 0.15) is 0 Å². The first-order valence-electron chi connectivity index (χ1n) is 10.4. The predicted octanol–water partition coefficient (Wildman–Crippen LogP) is 3.15. The van der Waals surface area contributed by atoms with Crippen molar-refractivity contribution in [1.82, 2.24) is 39.0 Å². The average Bonchev–Trinajstić information content (AvgIpc) is 3.54. The Morgan fingerprint density at radius 3 is 1.15 bits per heavy atom. The molecule has 4 aromatic heterocycles. The Hall–Kier alpha value is -5.55. The minimum Gasteiger partial charge on any atom is -0.356 e. The summed E-state index contributed by atoms with van der Waals surface area (Å²) in [6, 6.07) is 19.4. The van der Waals surface area contributed by atoms with Gasteiger partial charge in [-0.3, -0.25) is 9.13 Å². The fraction of sp³-hybridized carbons (Fsp3) is 0. The number of para-hydroxylation sites is 4. The zero-order valence-electron chi connectivity index (χ0n) is 19.5. The van der Waals surface area contributed by atoms with E-state index in [1.807, 2.05) is 57.7 Å². The van der Waals surface area contributed by atoms with Gasteiger partial charge in [-0.15, -0.1) is 0 Å². The SMILES string of the molecule is O=[N+]([O-])[O-].O=[N+]([O-])[O-].[Co+2].c1cnc(-n2cnc3ccccc32)nc1.c1cnc(-n2cnc3ccccc32)nc1. The van der Waals surface area contributed by atoms with E-state index in [1.165, 1.54) is 0 Å². The Kier molecular flexibility index (Phi) is 11.3. The monoisotopic (exact) mass is 575 g/mol. The van der Waals surface area contributed by atoms with Gasteiger partial charge in [0.05, 0.1) is 32.2 Å². The molecular weight excluding hydrogens is 559 g/mol. The predicted molar refractivity (Wildman–Crippen MR) is 134 cm³/mol. The van der Waals surface area contributed by atoms with E-state index in [9.17, 15) is 0 Å². The summed E-state index contributed by atoms with van der Waals surface area (Å²) >= 11 is 0. The van der Waals surface area contributed by atoms with Gasteiger partial charge in [-0.05, 0) is 36.4 Å². The molecule has 0 saturated heterocycles. The third kappa shape index (κ3) is 8.80. The standard InChI is InChI=1S/2C11H8N4.Co.2NO3/c2*1-2-5-10-9(4-1)14-8-15(10)11-12-6-3-7-13-11;;2*2-1(3)4/h2*1-8H;;;/q;;+2;2*-1. The van der Waals surface area contributed by atoms with E-state index < -0.39 is 10.2 Å². The summed E-state index contributed by atoms with van der Waals surface area (Å²) in [5.74, 6) is 1.29. The second-order valence-corrected chi connectivity index (χ2v) is 6.75. The average molecular weight is 575 g/mol. The summed E-state index contributed by atoms with van der Waals surface area (Å²) in [6.07, 6.45) is 10.3. The van der Waals surface area contributed by atoms with E-state index in [1.54, 1.807) is 49.6 Å². The molecule has 39 heavy (non-hydrogen) atoms. The Morgan fingerprint density at radius 1 is 0.513 bits per heavy atom. The van der Waals surface area contributed by atoms with Crippen molar-refractivity contribution in [3.8, 4) is 11.9 Å². The van der Waals surface area contributed by atoms with Crippen molar-refractivity contribution < 1.29 is 27.0 Å². The van der Waals surface area contributed by atoms with E-state index in [0.29, 0.717) is 11.9 Å². The summed E-state index contributed by atoms with van der Waals surface area (Å²) in [5, 5.41) is 29.5. The van der Waals surface area contributed by atoms with Crippen molar-refractivity contribution in [3.63, 3.8) is 0 Å². The van der Waals surface area contributed by atoms with Gasteiger partial charge < -0.3 is 30.6 Å². The number of fused-ring (bicyclic) bond motifs is 2. The molecule has 16 nitrogen and oxygen atoms in total. The summed E-state index contributed by atoms with van der Waals surface area (Å²) in [7, 11) is 0. The van der Waals surface area contributed by atoms with Gasteiger partial charge in [0, 0.05) is 24.8 Å². The maximum atomic E-state index is 8.25. The number of rotatable bonds is 2. The molecule has 0 aliphatic heterocycles. The van der Waals surface area contributed by atoms with Crippen LogP contribution in [0.25, 0.3) is 34.0 Å². The van der Waals surface area contributed by atoms with Gasteiger partial charge in [0.15, 0.2) is 0 Å². The van der Waals surface area contributed by atoms with Gasteiger partial charge >= 0.3 is 16.8 Å². The van der Waals surface area contributed by atoms with Crippen LogP contribution in [-0.4, -0.2) is 49.2 Å². The quantitative estimate of drug-likeness (QED) is 0.215. The second-order valence-electron chi connectivity index (χ2n) is 6.75. The molecule has 6 aromatic rings. The fourth-order valence-corrected chi connectivity index (χ4v) is 3.07. The van der Waals surface area contributed by atoms with Crippen molar-refractivity contribution in [2.75, 3.05) is 0 Å². The van der Waals surface area contributed by atoms with Gasteiger partial charge in [0.2, 0.25) is 11.9 Å². The summed E-state index contributed by atoms with van der Waals surface area (Å²) < 4.78 is 3.74. The van der Waals surface area contributed by atoms with E-state index in [2.05, 4.69) is 29.9 Å². The molecule has 6 rings (SSSR count). The summed E-state index contributed by atoms with van der Waals surface area (Å²) in [6.45, 7) is 0. The van der Waals surface area contributed by atoms with Gasteiger partial charge in [0.25, 0.3) is 0 Å². The molecule has 1 radical (unpaired) electrons. The Balaban J connectivity index is 0.000000212. The Morgan fingerprint density at radius 2 is 0.821 bits per heavy atom. The van der Waals surface area contributed by atoms with Gasteiger partial charge in [-0.1, -0.05) is 24.3 Å². The van der Waals surface area contributed by atoms with Crippen molar-refractivity contribution in [2.45, 2.75) is 0 Å². The Bertz CT molecular complexity index is 1490. The molecule has 4 heterocycles. The molecule has 0 amide bonds. The number of nitrogens with zero attached hydrogens (tertiary/aromatic N) is 10. The normalized spacial score (nSPS) is 9.44. The molecule has 199 valence electrons. The first-order valence-corrected chi connectivity index (χ1v) is 10.4. The fourth-order valence-electron chi connectivity index (χ4n) is 3.07. The van der Waals surface area contributed by atoms with Crippen LogP contribution in [0.15, 0.2) is 98.1 Å². The van der Waals surface area contributed by atoms with E-state index in [4.69, 9.17) is 30.6 Å². The van der Waals surface area contributed by atoms with Crippen LogP contribution in [-0.2, 0) is 16.8 Å². The van der Waals surface area contributed by atoms with Gasteiger partial charge in [0.1, 0.15) is 12.7 Å². The minimum absolute atomic E-state index is 0. The van der Waals surface area contributed by atoms with Crippen molar-refractivity contribution in [3.05, 3.63) is 129 Å². The molecule has 0 fully saturated rings. The third-order valence-corrected chi connectivity index (χ3v) is 4.44. The van der Waals surface area contributed by atoms with Crippen LogP contribution in [0.4, 0.5) is 0 Å². The molecule has 0 unspecified atom stereocenters. The zero-order chi connectivity index (χ0) is 27.3. The molecular formula is C22H16CoN10O6. The van der Waals surface area contributed by atoms with Crippen LogP contribution in [0.5, 0.6) is 0 Å². The maximum Gasteiger partial charge on any atom is 2.00 e. The number of hydrogen-bond donors (Lipinski definition) is 0. The third-order valence-electron chi connectivity index (χ3n) is 4.44. The second kappa shape index (κ2) is 14.9. The van der Waals surface area contributed by atoms with Crippen LogP contribution in [0.3, 0.4) is 0 Å². The summed E-state index contributed by atoms with van der Waals surface area (Å²) in [4.78, 5) is 41.8. The zero-order valence-corrected chi connectivity index (χ0v) is 20.5. The molecule has 2 aromatic carbocycles. The van der Waals surface area contributed by atoms with E-state index in [-0.39, 0.29) is 16.8 Å². The molecule has 0 spiro atoms. The van der Waals surface area contributed by atoms with E-state index >= 15 is 0 Å². The van der Waals surface area contributed by atoms with Gasteiger partial charge in [-0.2, -0.15) is 0 Å². The molecule has 0 atom stereocenters. The number of aromatic nitrogens is 8. The minimum atomic E-state index is -1.75. The van der Waals surface area contributed by atoms with Crippen LogP contribution in [0, 0.1) is 30.6 Å². The molecule has 17 heteroatoms. The smallest absolute Gasteiger partial charge is 0.356 e. The van der Waals surface area contributed by atoms with Crippen molar-refractivity contribution in [1.29, 1.82) is 0 Å². The first kappa shape index (κ1) is 29.7. The number of imidazole rings is 2. The Labute approximate surface area is 228 Å². The van der Waals surface area contributed by atoms with Crippen LogP contribution >= 0.6 is 0 Å². The van der Waals surface area contributed by atoms with Gasteiger partial charge in [-0.25, -0.2) is 29.9 Å². The maximum absolute atomic E-state index is 8.25. The van der Waals surface area contributed by atoms with Crippen molar-refractivity contribution >= 4 is 22.1 Å². The molecule has 0 aliphatic carbocycles. The van der Waals surface area contributed by atoms with Crippen molar-refractivity contribution in [2.24, 2.45) is 0 Å². The van der Waals surface area contributed by atoms with Crippen LogP contribution < -0.4 is 0 Å². The number of benzene rings is 2. The molecule has 0 bridgehead atoms. The van der Waals surface area contributed by atoms with Crippen LogP contribution in [0.2, 0.25) is 0 Å². The number of hydrogen-bond acceptors (Lipinski definition) is 12. The topological polar surface area (TPSA) is 220 Å². The molecule has 0 aliphatic rings. The largest absolute Gasteiger partial charge is 2.00 e.